The molecule has 402 valence electrons. The molecule has 5 unspecified atom stereocenters. The molecule has 0 heterocycles. The van der Waals surface area contributed by atoms with Crippen LogP contribution in [0.25, 0.3) is 0 Å². The molecule has 10 atom stereocenters. The Labute approximate surface area is 411 Å². The Morgan fingerprint density at radius 3 is 1.55 bits per heavy atom. The van der Waals surface area contributed by atoms with Crippen LogP contribution in [0, 0.1) is 0 Å². The Morgan fingerprint density at radius 2 is 1.01 bits per heavy atom. The first kappa shape index (κ1) is 64.9. The van der Waals surface area contributed by atoms with E-state index in [2.05, 4.69) is 24.4 Å². The summed E-state index contributed by atoms with van der Waals surface area (Å²) in [5, 5.41) is 61.7. The Bertz CT molecular complexity index is 1550. The summed E-state index contributed by atoms with van der Waals surface area (Å²) in [6.07, 6.45) is 22.4. The zero-order chi connectivity index (χ0) is 51.3. The van der Waals surface area contributed by atoms with Crippen LogP contribution in [0.5, 0.6) is 0 Å². The lowest BCUT2D eigenvalue weighted by molar-refractivity contribution is -0.216. The van der Waals surface area contributed by atoms with Crippen LogP contribution in [-0.4, -0.2) is 125 Å². The van der Waals surface area contributed by atoms with Crippen molar-refractivity contribution in [2.24, 2.45) is 0 Å². The number of carbonyl (C=O) groups is 2. The van der Waals surface area contributed by atoms with Crippen molar-refractivity contribution in [2.75, 3.05) is 13.2 Å². The van der Waals surface area contributed by atoms with Gasteiger partial charge in [0.2, 0.25) is 0 Å². The minimum atomic E-state index is -5.40. The van der Waals surface area contributed by atoms with E-state index < -0.39 is 95.7 Å². The van der Waals surface area contributed by atoms with E-state index in [1.54, 1.807) is 30.4 Å². The number of unbranched alkanes of at least 4 members (excludes halogenated alkanes) is 19. The van der Waals surface area contributed by atoms with Gasteiger partial charge in [-0.05, 0) is 38.5 Å². The highest BCUT2D eigenvalue weighted by atomic mass is 31.2. The van der Waals surface area contributed by atoms with Gasteiger partial charge in [-0.2, -0.15) is 0 Å². The molecule has 1 aliphatic rings. The van der Waals surface area contributed by atoms with Gasteiger partial charge in [0.15, 0.2) is 6.10 Å². The molecule has 1 rings (SSSR count). The van der Waals surface area contributed by atoms with Gasteiger partial charge in [0.05, 0.1) is 18.8 Å². The van der Waals surface area contributed by atoms with Crippen LogP contribution in [0.15, 0.2) is 48.6 Å². The first-order valence-corrected chi connectivity index (χ1v) is 28.4. The number of rotatable bonds is 42. The van der Waals surface area contributed by atoms with Crippen LogP contribution >= 0.6 is 15.6 Å². The third-order valence-corrected chi connectivity index (χ3v) is 13.1. The number of hydrogen-bond donors (Lipinski definition) is 9. The Morgan fingerprint density at radius 1 is 0.536 bits per heavy atom. The molecule has 0 radical (unpaired) electrons. The van der Waals surface area contributed by atoms with Crippen LogP contribution in [0.1, 0.15) is 181 Å². The maximum Gasteiger partial charge on any atom is 0.472 e. The van der Waals surface area contributed by atoms with Crippen molar-refractivity contribution in [3.05, 3.63) is 48.6 Å². The molecule has 0 aromatic heterocycles. The van der Waals surface area contributed by atoms with Crippen molar-refractivity contribution in [1.29, 1.82) is 0 Å². The lowest BCUT2D eigenvalue weighted by Gasteiger charge is -2.43. The van der Waals surface area contributed by atoms with E-state index in [-0.39, 0.29) is 25.7 Å². The number of ether oxygens (including phenoxy) is 2. The van der Waals surface area contributed by atoms with Gasteiger partial charge in [0.1, 0.15) is 43.2 Å². The molecule has 9 N–H and O–H groups in total. The van der Waals surface area contributed by atoms with E-state index in [9.17, 15) is 64.0 Å². The lowest BCUT2D eigenvalue weighted by atomic mass is 9.85. The summed E-state index contributed by atoms with van der Waals surface area (Å²) in [6, 6.07) is 0. The fourth-order valence-corrected chi connectivity index (χ4v) is 9.11. The van der Waals surface area contributed by atoms with E-state index in [1.165, 1.54) is 89.5 Å². The molecule has 0 aromatic carbocycles. The molecule has 20 heteroatoms. The van der Waals surface area contributed by atoms with Crippen LogP contribution in [-0.2, 0) is 41.8 Å². The standard InChI is InChI=1S/C49H88O18P2/c1-3-5-7-9-11-12-13-14-15-16-17-18-19-20-21-23-29-35-42(52)63-37-41(38-64-69(61,62)67-49-46(56)44(54)45(55)48(47(49)57)66-68(58,59)60)65-43(53)36-30-34-40(51)33-28-25-24-27-32-39(50)31-26-22-10-8-6-4-2/h22,24-28,32-33,39-41,44-51,54-57H,3-21,23,29-31,34-38H2,1-2H3,(H,61,62)(H2,58,59,60)/b25-24+,26-22-,32-27+,33-28-/t39-,40-,41+,44?,45?,46?,47?,48+,49-/m0/s1. The lowest BCUT2D eigenvalue weighted by Crippen LogP contribution is -2.64. The average molecular weight is 1030 g/mol. The topological polar surface area (TPSA) is 296 Å². The predicted molar refractivity (Wildman–Crippen MR) is 262 cm³/mol. The zero-order valence-corrected chi connectivity index (χ0v) is 43.0. The van der Waals surface area contributed by atoms with Crippen molar-refractivity contribution < 1.29 is 87.1 Å². The molecule has 1 fully saturated rings. The molecule has 1 saturated carbocycles. The Hall–Kier alpha value is -2.12. The maximum absolute atomic E-state index is 13.0. The average Bonchev–Trinajstić information content (AvgIpc) is 3.29. The first-order valence-electron chi connectivity index (χ1n) is 25.4. The summed E-state index contributed by atoms with van der Waals surface area (Å²) in [5.74, 6) is -1.44. The van der Waals surface area contributed by atoms with Crippen LogP contribution in [0.3, 0.4) is 0 Å². The number of aliphatic hydroxyl groups excluding tert-OH is 6. The summed E-state index contributed by atoms with van der Waals surface area (Å²) in [4.78, 5) is 54.4. The van der Waals surface area contributed by atoms with E-state index in [0.29, 0.717) is 12.8 Å². The fraction of sp³-hybridized carbons (Fsp3) is 0.796. The molecular weight excluding hydrogens is 938 g/mol. The summed E-state index contributed by atoms with van der Waals surface area (Å²) in [5.41, 5.74) is 0. The monoisotopic (exact) mass is 1030 g/mol. The van der Waals surface area contributed by atoms with Crippen LogP contribution in [0.2, 0.25) is 0 Å². The SMILES string of the molecule is CCCCC/C=C\C[C@H](O)/C=C/C=C/C=C\[C@H](O)CCCC(=O)O[C@H](COC(=O)CCCCCCCCCCCCCCCCCCC)COP(=O)(O)O[C@H]1C(O)C(O)C(O)[C@@H](OP(=O)(O)O)C1O. The number of esters is 2. The molecule has 1 aliphatic carbocycles. The van der Waals surface area contributed by atoms with Crippen molar-refractivity contribution in [1.82, 2.24) is 0 Å². The Kier molecular flexibility index (Phi) is 37.1. The van der Waals surface area contributed by atoms with Gasteiger partial charge < -0.3 is 54.8 Å². The molecule has 0 bridgehead atoms. The van der Waals surface area contributed by atoms with Gasteiger partial charge in [0.25, 0.3) is 0 Å². The minimum absolute atomic E-state index is 0.0703. The van der Waals surface area contributed by atoms with Crippen molar-refractivity contribution in [3.8, 4) is 0 Å². The second-order valence-electron chi connectivity index (χ2n) is 17.9. The quantitative estimate of drug-likeness (QED) is 0.00919. The molecule has 69 heavy (non-hydrogen) atoms. The third kappa shape index (κ3) is 34.0. The highest BCUT2D eigenvalue weighted by Crippen LogP contribution is 2.49. The van der Waals surface area contributed by atoms with Gasteiger partial charge in [-0.25, -0.2) is 9.13 Å². The highest BCUT2D eigenvalue weighted by Gasteiger charge is 2.54. The van der Waals surface area contributed by atoms with Crippen molar-refractivity contribution in [3.63, 3.8) is 0 Å². The fourth-order valence-electron chi connectivity index (χ4n) is 7.57. The molecule has 0 saturated heterocycles. The van der Waals surface area contributed by atoms with Gasteiger partial charge in [-0.15, -0.1) is 0 Å². The second kappa shape index (κ2) is 39.4. The number of phosphoric ester groups is 2. The predicted octanol–water partition coefficient (Wildman–Crippen LogP) is 8.01. The van der Waals surface area contributed by atoms with Crippen LogP contribution in [0.4, 0.5) is 0 Å². The highest BCUT2D eigenvalue weighted by molar-refractivity contribution is 7.47. The van der Waals surface area contributed by atoms with Gasteiger partial charge >= 0.3 is 27.6 Å². The molecule has 0 spiro atoms. The number of allylic oxidation sites excluding steroid dienone is 5. The smallest absolute Gasteiger partial charge is 0.462 e. The van der Waals surface area contributed by atoms with Crippen LogP contribution < -0.4 is 0 Å². The maximum atomic E-state index is 13.0. The number of phosphoric acid groups is 2. The van der Waals surface area contributed by atoms with Gasteiger partial charge in [-0.3, -0.25) is 23.2 Å². The molecule has 18 nitrogen and oxygen atoms in total. The van der Waals surface area contributed by atoms with Gasteiger partial charge in [0, 0.05) is 12.8 Å². The molecule has 0 amide bonds. The Balaban J connectivity index is 2.67. The zero-order valence-electron chi connectivity index (χ0n) is 41.2. The van der Waals surface area contributed by atoms with E-state index in [1.807, 2.05) is 6.08 Å². The number of hydrogen-bond acceptors (Lipinski definition) is 15. The summed E-state index contributed by atoms with van der Waals surface area (Å²) >= 11 is 0. The largest absolute Gasteiger partial charge is 0.472 e. The van der Waals surface area contributed by atoms with Crippen molar-refractivity contribution >= 4 is 27.6 Å². The van der Waals surface area contributed by atoms with Crippen molar-refractivity contribution in [2.45, 2.75) is 236 Å². The summed E-state index contributed by atoms with van der Waals surface area (Å²) in [6.45, 7) is 2.86. The molecule has 0 aromatic rings. The first-order chi connectivity index (χ1) is 32.9. The summed E-state index contributed by atoms with van der Waals surface area (Å²) < 4.78 is 49.3. The molecule has 0 aliphatic heterocycles. The second-order valence-corrected chi connectivity index (χ2v) is 20.5. The number of aliphatic hydroxyl groups is 6. The third-order valence-electron chi connectivity index (χ3n) is 11.6. The van der Waals surface area contributed by atoms with E-state index >= 15 is 0 Å². The van der Waals surface area contributed by atoms with E-state index in [4.69, 9.17) is 18.5 Å². The number of carbonyl (C=O) groups excluding carboxylic acids is 2. The molecular formula is C49H88O18P2. The van der Waals surface area contributed by atoms with E-state index in [0.717, 1.165) is 44.9 Å². The summed E-state index contributed by atoms with van der Waals surface area (Å²) in [7, 11) is -10.8. The normalized spacial score (nSPS) is 22.4. The van der Waals surface area contributed by atoms with Gasteiger partial charge in [-0.1, -0.05) is 178 Å². The minimum Gasteiger partial charge on any atom is -0.462 e.